The number of alkyl halides is 3. The van der Waals surface area contributed by atoms with Crippen LogP contribution in [0.2, 0.25) is 0 Å². The van der Waals surface area contributed by atoms with Crippen LogP contribution in [0.5, 0.6) is 0 Å². The molecule has 7 heteroatoms. The minimum Gasteiger partial charge on any atom is -0.466 e. The maximum absolute atomic E-state index is 12.5. The number of ether oxygens (including phenoxy) is 1. The molecule has 1 amide bonds. The Morgan fingerprint density at radius 1 is 0.906 bits per heavy atom. The monoisotopic (exact) mass is 509 g/mol. The number of nitrogens with one attached hydrogen (secondary N) is 1. The predicted molar refractivity (Wildman–Crippen MR) is 135 cm³/mol. The Balaban J connectivity index is 2.29. The molecular formula is C25H42Cl3NO3. The predicted octanol–water partition coefficient (Wildman–Crippen LogP) is 7.69. The molecule has 0 saturated heterocycles. The molecule has 1 saturated carbocycles. The number of carbonyl (C=O) groups is 2. The smallest absolute Gasteiger partial charge is 0.311 e. The standard InChI is InChI=1S/C25H42Cl3NO3/c1-3-5-6-7-8-9-10-11-12-13-14-15-16-17-20-18-19-21(22(20)23(30)32-4-2)29-24(31)25(26,27)28/h11-12,20-22H,3-10,13-19H2,1-2H3,(H,29,31)/b12-11+/t20-,21+,22+/m1/s1. The third kappa shape index (κ3) is 12.1. The molecule has 0 heterocycles. The highest BCUT2D eigenvalue weighted by Crippen LogP contribution is 2.38. The average molecular weight is 511 g/mol. The molecule has 32 heavy (non-hydrogen) atoms. The number of halogens is 3. The molecule has 0 aromatic carbocycles. The quantitative estimate of drug-likeness (QED) is 0.100. The van der Waals surface area contributed by atoms with Crippen molar-refractivity contribution in [2.75, 3.05) is 6.61 Å². The van der Waals surface area contributed by atoms with Crippen LogP contribution in [0.4, 0.5) is 0 Å². The normalized spacial score (nSPS) is 21.2. The molecule has 0 spiro atoms. The molecule has 1 fully saturated rings. The summed E-state index contributed by atoms with van der Waals surface area (Å²) in [5.41, 5.74) is 0. The molecular weight excluding hydrogens is 469 g/mol. The van der Waals surface area contributed by atoms with E-state index in [1.165, 1.54) is 44.9 Å². The minimum atomic E-state index is -2.03. The van der Waals surface area contributed by atoms with Crippen molar-refractivity contribution in [2.24, 2.45) is 11.8 Å². The van der Waals surface area contributed by atoms with Crippen molar-refractivity contribution in [3.63, 3.8) is 0 Å². The maximum Gasteiger partial charge on any atom is 0.311 e. The van der Waals surface area contributed by atoms with E-state index in [2.05, 4.69) is 24.4 Å². The number of unbranched alkanes of at least 4 members (excludes halogenated alkanes) is 9. The van der Waals surface area contributed by atoms with Gasteiger partial charge in [-0.25, -0.2) is 0 Å². The Kier molecular flexibility index (Phi) is 15.8. The van der Waals surface area contributed by atoms with Gasteiger partial charge in [0.25, 0.3) is 9.70 Å². The van der Waals surface area contributed by atoms with Crippen molar-refractivity contribution in [1.82, 2.24) is 5.32 Å². The van der Waals surface area contributed by atoms with Gasteiger partial charge in [-0.15, -0.1) is 0 Å². The molecule has 186 valence electrons. The van der Waals surface area contributed by atoms with Crippen LogP contribution in [0.15, 0.2) is 12.2 Å². The van der Waals surface area contributed by atoms with E-state index in [1.54, 1.807) is 6.92 Å². The summed E-state index contributed by atoms with van der Waals surface area (Å²) in [5.74, 6) is -1.13. The van der Waals surface area contributed by atoms with Crippen molar-refractivity contribution in [1.29, 1.82) is 0 Å². The zero-order chi connectivity index (χ0) is 23.8. The van der Waals surface area contributed by atoms with Gasteiger partial charge in [-0.2, -0.15) is 0 Å². The third-order valence-corrected chi connectivity index (χ3v) is 6.77. The molecule has 1 rings (SSSR count). The fourth-order valence-electron chi connectivity index (χ4n) is 4.54. The van der Waals surface area contributed by atoms with E-state index in [4.69, 9.17) is 39.5 Å². The molecule has 4 nitrogen and oxygen atoms in total. The first kappa shape index (κ1) is 29.6. The van der Waals surface area contributed by atoms with E-state index >= 15 is 0 Å². The summed E-state index contributed by atoms with van der Waals surface area (Å²) in [6, 6.07) is -0.341. The van der Waals surface area contributed by atoms with E-state index in [9.17, 15) is 9.59 Å². The van der Waals surface area contributed by atoms with E-state index < -0.39 is 9.70 Å². The number of rotatable bonds is 16. The Labute approximate surface area is 210 Å². The topological polar surface area (TPSA) is 55.4 Å². The minimum absolute atomic E-state index is 0.193. The zero-order valence-corrected chi connectivity index (χ0v) is 22.1. The number of allylic oxidation sites excluding steroid dienone is 2. The van der Waals surface area contributed by atoms with Gasteiger partial charge in [-0.05, 0) is 57.8 Å². The van der Waals surface area contributed by atoms with E-state index in [0.29, 0.717) is 13.0 Å². The van der Waals surface area contributed by atoms with Gasteiger partial charge in [0.15, 0.2) is 0 Å². The molecule has 3 atom stereocenters. The van der Waals surface area contributed by atoms with E-state index in [-0.39, 0.29) is 23.8 Å². The zero-order valence-electron chi connectivity index (χ0n) is 19.9. The second-order valence-electron chi connectivity index (χ2n) is 8.86. The highest BCUT2D eigenvalue weighted by Gasteiger charge is 2.44. The van der Waals surface area contributed by atoms with E-state index in [0.717, 1.165) is 38.5 Å². The lowest BCUT2D eigenvalue weighted by atomic mass is 9.89. The van der Waals surface area contributed by atoms with Crippen molar-refractivity contribution in [2.45, 2.75) is 114 Å². The Hall–Kier alpha value is -0.450. The van der Waals surface area contributed by atoms with Crippen LogP contribution in [-0.4, -0.2) is 28.3 Å². The van der Waals surface area contributed by atoms with Gasteiger partial charge < -0.3 is 10.1 Å². The van der Waals surface area contributed by atoms with Crippen LogP contribution in [-0.2, 0) is 14.3 Å². The highest BCUT2D eigenvalue weighted by atomic mass is 35.6. The van der Waals surface area contributed by atoms with Crippen molar-refractivity contribution in [3.8, 4) is 0 Å². The first-order chi connectivity index (χ1) is 15.3. The summed E-state index contributed by atoms with van der Waals surface area (Å²) in [4.78, 5) is 24.6. The van der Waals surface area contributed by atoms with Crippen LogP contribution in [0, 0.1) is 11.8 Å². The van der Waals surface area contributed by atoms with Crippen LogP contribution in [0.25, 0.3) is 0 Å². The number of hydrogen-bond acceptors (Lipinski definition) is 3. The number of carbonyl (C=O) groups excluding carboxylic acids is 2. The summed E-state index contributed by atoms with van der Waals surface area (Å²) < 4.78 is 3.25. The molecule has 0 aromatic rings. The molecule has 0 aromatic heterocycles. The van der Waals surface area contributed by atoms with Gasteiger partial charge in [0, 0.05) is 6.04 Å². The lowest BCUT2D eigenvalue weighted by molar-refractivity contribution is -0.150. The lowest BCUT2D eigenvalue weighted by Gasteiger charge is -2.25. The van der Waals surface area contributed by atoms with Crippen LogP contribution in [0.1, 0.15) is 104 Å². The van der Waals surface area contributed by atoms with Gasteiger partial charge in [0.05, 0.1) is 12.5 Å². The van der Waals surface area contributed by atoms with Crippen molar-refractivity contribution in [3.05, 3.63) is 12.2 Å². The first-order valence-electron chi connectivity index (χ1n) is 12.5. The van der Waals surface area contributed by atoms with Crippen molar-refractivity contribution < 1.29 is 14.3 Å². The highest BCUT2D eigenvalue weighted by molar-refractivity contribution is 6.76. The van der Waals surface area contributed by atoms with Gasteiger partial charge in [0.2, 0.25) is 0 Å². The Bertz CT molecular complexity index is 563. The molecule has 1 N–H and O–H groups in total. The molecule has 0 bridgehead atoms. The van der Waals surface area contributed by atoms with E-state index in [1.807, 2.05) is 0 Å². The fourth-order valence-corrected chi connectivity index (χ4v) is 4.70. The van der Waals surface area contributed by atoms with Crippen LogP contribution < -0.4 is 5.32 Å². The summed E-state index contributed by atoms with van der Waals surface area (Å²) >= 11 is 17.0. The first-order valence-corrected chi connectivity index (χ1v) is 13.6. The summed E-state index contributed by atoms with van der Waals surface area (Å²) in [7, 11) is 0. The summed E-state index contributed by atoms with van der Waals surface area (Å²) in [6.07, 6.45) is 20.9. The van der Waals surface area contributed by atoms with Gasteiger partial charge >= 0.3 is 5.97 Å². The van der Waals surface area contributed by atoms with Gasteiger partial charge in [-0.1, -0.05) is 98.8 Å². The molecule has 1 aliphatic rings. The van der Waals surface area contributed by atoms with Crippen LogP contribution >= 0.6 is 34.8 Å². The molecule has 0 radical (unpaired) electrons. The summed E-state index contributed by atoms with van der Waals surface area (Å²) in [6.45, 7) is 4.36. The molecule has 0 aliphatic heterocycles. The van der Waals surface area contributed by atoms with Crippen molar-refractivity contribution >= 4 is 46.7 Å². The Morgan fingerprint density at radius 3 is 2.09 bits per heavy atom. The second-order valence-corrected chi connectivity index (χ2v) is 11.1. The van der Waals surface area contributed by atoms with Crippen LogP contribution in [0.3, 0.4) is 0 Å². The number of esters is 1. The third-order valence-electron chi connectivity index (χ3n) is 6.26. The summed E-state index contributed by atoms with van der Waals surface area (Å²) in [5, 5.41) is 2.74. The molecule has 1 aliphatic carbocycles. The Morgan fingerprint density at radius 2 is 1.50 bits per heavy atom. The molecule has 0 unspecified atom stereocenters. The fraction of sp³-hybridized carbons (Fsp3) is 0.840. The van der Waals surface area contributed by atoms with Gasteiger partial charge in [-0.3, -0.25) is 9.59 Å². The second kappa shape index (κ2) is 17.1. The average Bonchev–Trinajstić information content (AvgIpc) is 3.13. The number of amides is 1. The number of hydrogen-bond donors (Lipinski definition) is 1. The SMILES string of the molecule is CCCCCCCC/C=C/CCCCC[C@@H]1CC[C@H](NC(=O)C(Cl)(Cl)Cl)[C@H]1C(=O)OCC. The largest absolute Gasteiger partial charge is 0.466 e. The van der Waals surface area contributed by atoms with Gasteiger partial charge in [0.1, 0.15) is 0 Å². The lowest BCUT2D eigenvalue weighted by Crippen LogP contribution is -2.46. The maximum atomic E-state index is 12.5.